The molecule has 0 saturated heterocycles. The largest absolute Gasteiger partial charge is 0.493 e. The van der Waals surface area contributed by atoms with E-state index in [-0.39, 0.29) is 11.8 Å². The highest BCUT2D eigenvalue weighted by atomic mass is 79.9. The van der Waals surface area contributed by atoms with Crippen LogP contribution in [0.5, 0.6) is 11.5 Å². The summed E-state index contributed by atoms with van der Waals surface area (Å²) < 4.78 is 11.8. The molecular formula is C25H18BrNO5. The van der Waals surface area contributed by atoms with Gasteiger partial charge < -0.3 is 9.47 Å². The lowest BCUT2D eigenvalue weighted by Gasteiger charge is -2.14. The minimum atomic E-state index is -0.569. The van der Waals surface area contributed by atoms with E-state index in [9.17, 15) is 14.4 Å². The lowest BCUT2D eigenvalue weighted by atomic mass is 10.1. The number of halogens is 1. The summed E-state index contributed by atoms with van der Waals surface area (Å²) in [6.07, 6.45) is 2.92. The second kappa shape index (κ2) is 9.20. The molecule has 0 fully saturated rings. The summed E-state index contributed by atoms with van der Waals surface area (Å²) in [5.74, 6) is -0.375. The highest BCUT2D eigenvalue weighted by Crippen LogP contribution is 2.29. The molecule has 3 aromatic rings. The number of hydrogen-bond donors (Lipinski definition) is 0. The van der Waals surface area contributed by atoms with Crippen molar-refractivity contribution in [3.8, 4) is 11.5 Å². The average molecular weight is 492 g/mol. The van der Waals surface area contributed by atoms with Gasteiger partial charge in [0.1, 0.15) is 11.5 Å². The zero-order valence-electron chi connectivity index (χ0n) is 17.1. The maximum Gasteiger partial charge on any atom is 0.336 e. The van der Waals surface area contributed by atoms with Crippen molar-refractivity contribution in [3.63, 3.8) is 0 Å². The Hall–Kier alpha value is -3.71. The number of hydrogen-bond acceptors (Lipinski definition) is 5. The summed E-state index contributed by atoms with van der Waals surface area (Å²) in [4.78, 5) is 38.5. The van der Waals surface area contributed by atoms with Crippen LogP contribution in [0.25, 0.3) is 6.08 Å². The second-order valence-corrected chi connectivity index (χ2v) is 7.77. The van der Waals surface area contributed by atoms with Gasteiger partial charge in [0, 0.05) is 16.1 Å². The lowest BCUT2D eigenvalue weighted by molar-refractivity contribution is -0.128. The molecule has 1 aliphatic heterocycles. The number of imide groups is 1. The van der Waals surface area contributed by atoms with Gasteiger partial charge in [-0.15, -0.1) is 0 Å². The summed E-state index contributed by atoms with van der Waals surface area (Å²) in [6, 6.07) is 18.4. The number of carbonyl (C=O) groups is 3. The highest BCUT2D eigenvalue weighted by Gasteiger charge is 2.36. The predicted molar refractivity (Wildman–Crippen MR) is 124 cm³/mol. The minimum absolute atomic E-state index is 0.291. The lowest BCUT2D eigenvalue weighted by Crippen LogP contribution is -2.29. The molecule has 6 nitrogen and oxygen atoms in total. The quantitative estimate of drug-likeness (QED) is 0.203. The van der Waals surface area contributed by atoms with E-state index < -0.39 is 5.97 Å². The zero-order chi connectivity index (χ0) is 22.7. The Morgan fingerprint density at radius 2 is 1.62 bits per heavy atom. The highest BCUT2D eigenvalue weighted by molar-refractivity contribution is 9.10. The Labute approximate surface area is 193 Å². The molecule has 1 aliphatic rings. The van der Waals surface area contributed by atoms with Crippen molar-refractivity contribution in [3.05, 3.63) is 94.0 Å². The Morgan fingerprint density at radius 1 is 0.969 bits per heavy atom. The Balaban J connectivity index is 1.45. The van der Waals surface area contributed by atoms with E-state index in [1.165, 1.54) is 18.2 Å². The first-order chi connectivity index (χ1) is 15.5. The Kier molecular flexibility index (Phi) is 6.18. The van der Waals surface area contributed by atoms with E-state index in [0.717, 1.165) is 14.9 Å². The predicted octanol–water partition coefficient (Wildman–Crippen LogP) is 5.27. The van der Waals surface area contributed by atoms with E-state index in [1.807, 2.05) is 25.1 Å². The molecule has 0 aromatic heterocycles. The molecule has 0 saturated carbocycles. The van der Waals surface area contributed by atoms with E-state index >= 15 is 0 Å². The number of fused-ring (bicyclic) bond motifs is 1. The third-order valence-electron chi connectivity index (χ3n) is 4.78. The molecule has 7 heteroatoms. The van der Waals surface area contributed by atoms with Gasteiger partial charge >= 0.3 is 5.97 Å². The molecule has 0 unspecified atom stereocenters. The minimum Gasteiger partial charge on any atom is -0.493 e. The maximum atomic E-state index is 12.6. The molecule has 1 heterocycles. The fourth-order valence-electron chi connectivity index (χ4n) is 3.33. The number of anilines is 1. The summed E-state index contributed by atoms with van der Waals surface area (Å²) in [7, 11) is 0. The maximum absolute atomic E-state index is 12.6. The Morgan fingerprint density at radius 3 is 2.25 bits per heavy atom. The van der Waals surface area contributed by atoms with Crippen LogP contribution < -0.4 is 14.4 Å². The molecule has 0 spiro atoms. The van der Waals surface area contributed by atoms with Crippen molar-refractivity contribution in [2.45, 2.75) is 6.92 Å². The molecule has 160 valence electrons. The van der Waals surface area contributed by atoms with Crippen LogP contribution in [0.15, 0.2) is 77.3 Å². The first kappa shape index (κ1) is 21.5. The number of ether oxygens (including phenoxy) is 2. The Bertz CT molecular complexity index is 1200. The summed E-state index contributed by atoms with van der Waals surface area (Å²) in [5, 5.41) is 0. The molecule has 0 bridgehead atoms. The van der Waals surface area contributed by atoms with E-state index in [2.05, 4.69) is 15.9 Å². The van der Waals surface area contributed by atoms with Crippen molar-refractivity contribution in [2.24, 2.45) is 0 Å². The number of nitrogens with zero attached hydrogens (tertiary/aromatic N) is 1. The third-order valence-corrected chi connectivity index (χ3v) is 5.27. The standard InChI is InChI=1S/C25H18BrNO5/c1-2-31-22-13-8-17(26)15-16(22)7-14-23(28)32-19-11-9-18(10-12-19)27-24(29)20-5-3-4-6-21(20)25(27)30/h3-15H,2H2,1H3/b14-7+. The zero-order valence-corrected chi connectivity index (χ0v) is 18.7. The smallest absolute Gasteiger partial charge is 0.336 e. The van der Waals surface area contributed by atoms with Crippen LogP contribution in [0, 0.1) is 0 Å². The molecule has 4 rings (SSSR count). The van der Waals surface area contributed by atoms with E-state index in [1.54, 1.807) is 42.5 Å². The van der Waals surface area contributed by atoms with Gasteiger partial charge in [0.15, 0.2) is 0 Å². The van der Waals surface area contributed by atoms with Gasteiger partial charge in [-0.25, -0.2) is 9.69 Å². The van der Waals surface area contributed by atoms with Gasteiger partial charge in [-0.2, -0.15) is 0 Å². The molecule has 2 amide bonds. The van der Waals surface area contributed by atoms with Crippen LogP contribution in [0.3, 0.4) is 0 Å². The summed E-state index contributed by atoms with van der Waals surface area (Å²) >= 11 is 3.40. The number of esters is 1. The monoisotopic (exact) mass is 491 g/mol. The summed E-state index contributed by atoms with van der Waals surface area (Å²) in [6.45, 7) is 2.39. The van der Waals surface area contributed by atoms with Crippen LogP contribution >= 0.6 is 15.9 Å². The van der Waals surface area contributed by atoms with Crippen molar-refractivity contribution in [2.75, 3.05) is 11.5 Å². The number of amides is 2. The molecular weight excluding hydrogens is 474 g/mol. The van der Waals surface area contributed by atoms with E-state index in [0.29, 0.717) is 34.9 Å². The van der Waals surface area contributed by atoms with Crippen LogP contribution in [0.2, 0.25) is 0 Å². The van der Waals surface area contributed by atoms with Gasteiger partial charge in [-0.05, 0) is 67.6 Å². The first-order valence-corrected chi connectivity index (χ1v) is 10.7. The molecule has 0 N–H and O–H groups in total. The van der Waals surface area contributed by atoms with Gasteiger partial charge in [0.05, 0.1) is 23.4 Å². The SMILES string of the molecule is CCOc1ccc(Br)cc1/C=C/C(=O)Oc1ccc(N2C(=O)c3ccccc3C2=O)cc1. The van der Waals surface area contributed by atoms with E-state index in [4.69, 9.17) is 9.47 Å². The van der Waals surface area contributed by atoms with Crippen LogP contribution in [0.4, 0.5) is 5.69 Å². The van der Waals surface area contributed by atoms with Crippen molar-refractivity contribution < 1.29 is 23.9 Å². The van der Waals surface area contributed by atoms with Crippen LogP contribution in [-0.4, -0.2) is 24.4 Å². The van der Waals surface area contributed by atoms with Crippen molar-refractivity contribution >= 4 is 45.5 Å². The van der Waals surface area contributed by atoms with Crippen LogP contribution in [0.1, 0.15) is 33.2 Å². The summed E-state index contributed by atoms with van der Waals surface area (Å²) in [5.41, 5.74) is 1.88. The van der Waals surface area contributed by atoms with Gasteiger partial charge in [-0.3, -0.25) is 9.59 Å². The average Bonchev–Trinajstić information content (AvgIpc) is 3.05. The fraction of sp³-hybridized carbons (Fsp3) is 0.0800. The van der Waals surface area contributed by atoms with Gasteiger partial charge in [0.25, 0.3) is 11.8 Å². The topological polar surface area (TPSA) is 72.9 Å². The molecule has 0 atom stereocenters. The normalized spacial score (nSPS) is 12.9. The molecule has 3 aromatic carbocycles. The second-order valence-electron chi connectivity index (χ2n) is 6.85. The number of rotatable bonds is 6. The number of benzene rings is 3. The van der Waals surface area contributed by atoms with Gasteiger partial charge in [-0.1, -0.05) is 28.1 Å². The number of carbonyl (C=O) groups excluding carboxylic acids is 3. The van der Waals surface area contributed by atoms with Crippen molar-refractivity contribution in [1.82, 2.24) is 0 Å². The van der Waals surface area contributed by atoms with Crippen LogP contribution in [-0.2, 0) is 4.79 Å². The molecule has 0 aliphatic carbocycles. The fourth-order valence-corrected chi connectivity index (χ4v) is 3.71. The van der Waals surface area contributed by atoms with Gasteiger partial charge in [0.2, 0.25) is 0 Å². The first-order valence-electron chi connectivity index (χ1n) is 9.88. The molecule has 32 heavy (non-hydrogen) atoms. The van der Waals surface area contributed by atoms with Crippen molar-refractivity contribution in [1.29, 1.82) is 0 Å². The molecule has 0 radical (unpaired) electrons. The third kappa shape index (κ3) is 4.33.